The van der Waals surface area contributed by atoms with Crippen LogP contribution in [0.3, 0.4) is 0 Å². The number of nitrogens with one attached hydrogen (secondary N) is 1. The van der Waals surface area contributed by atoms with Crippen LogP contribution in [0.25, 0.3) is 0 Å². The van der Waals surface area contributed by atoms with E-state index in [1.165, 1.54) is 5.56 Å². The van der Waals surface area contributed by atoms with Crippen molar-refractivity contribution in [2.45, 2.75) is 20.8 Å². The number of rotatable bonds is 4. The molecule has 0 bridgehead atoms. The average Bonchev–Trinajstić information content (AvgIpc) is 2.23. The van der Waals surface area contributed by atoms with Gasteiger partial charge in [-0.2, -0.15) is 0 Å². The highest BCUT2D eigenvalue weighted by atomic mass is 16.1. The molecule has 0 saturated heterocycles. The lowest BCUT2D eigenvalue weighted by atomic mass is 9.99. The van der Waals surface area contributed by atoms with Gasteiger partial charge in [-0.05, 0) is 31.9 Å². The summed E-state index contributed by atoms with van der Waals surface area (Å²) in [6.07, 6.45) is 3.69. The Labute approximate surface area is 103 Å². The standard InChI is InChI=1S/C14H20N2O/c1-10-8-11(2)13(12(3)9-10)14(17)16-7-5-4-6-15/h4-5,8-9H,6-7,15H2,1-3H3,(H,16,17)/b5-4+. The van der Waals surface area contributed by atoms with Crippen LogP contribution in [-0.4, -0.2) is 19.0 Å². The Hall–Kier alpha value is -1.61. The average molecular weight is 232 g/mol. The summed E-state index contributed by atoms with van der Waals surface area (Å²) >= 11 is 0. The molecule has 0 atom stereocenters. The lowest BCUT2D eigenvalue weighted by Gasteiger charge is -2.10. The fourth-order valence-electron chi connectivity index (χ4n) is 1.96. The molecule has 1 aromatic carbocycles. The van der Waals surface area contributed by atoms with Gasteiger partial charge in [0.2, 0.25) is 0 Å². The summed E-state index contributed by atoms with van der Waals surface area (Å²) in [5.74, 6) is -0.0262. The number of hydrogen-bond donors (Lipinski definition) is 2. The Bertz CT molecular complexity index is 413. The number of benzene rings is 1. The van der Waals surface area contributed by atoms with Crippen molar-refractivity contribution < 1.29 is 4.79 Å². The molecule has 1 amide bonds. The number of carbonyl (C=O) groups excluding carboxylic acids is 1. The Morgan fingerprint density at radius 1 is 1.24 bits per heavy atom. The number of carbonyl (C=O) groups is 1. The highest BCUT2D eigenvalue weighted by molar-refractivity contribution is 5.97. The molecule has 1 aromatic rings. The van der Waals surface area contributed by atoms with Gasteiger partial charge in [0.15, 0.2) is 0 Å². The van der Waals surface area contributed by atoms with E-state index in [9.17, 15) is 4.79 Å². The predicted octanol–water partition coefficient (Wildman–Crippen LogP) is 1.86. The zero-order valence-electron chi connectivity index (χ0n) is 10.7. The van der Waals surface area contributed by atoms with Gasteiger partial charge in [-0.25, -0.2) is 0 Å². The molecule has 1 rings (SSSR count). The van der Waals surface area contributed by atoms with E-state index in [-0.39, 0.29) is 5.91 Å². The van der Waals surface area contributed by atoms with Gasteiger partial charge in [0.25, 0.3) is 5.91 Å². The van der Waals surface area contributed by atoms with Crippen molar-refractivity contribution in [3.8, 4) is 0 Å². The number of nitrogens with two attached hydrogens (primary N) is 1. The molecule has 0 aromatic heterocycles. The second kappa shape index (κ2) is 6.21. The molecule has 0 fully saturated rings. The van der Waals surface area contributed by atoms with Gasteiger partial charge in [0, 0.05) is 18.7 Å². The van der Waals surface area contributed by atoms with E-state index >= 15 is 0 Å². The third-order valence-electron chi connectivity index (χ3n) is 2.59. The minimum Gasteiger partial charge on any atom is -0.349 e. The predicted molar refractivity (Wildman–Crippen MR) is 71.2 cm³/mol. The van der Waals surface area contributed by atoms with Crippen LogP contribution in [0, 0.1) is 20.8 Å². The smallest absolute Gasteiger partial charge is 0.252 e. The topological polar surface area (TPSA) is 55.1 Å². The van der Waals surface area contributed by atoms with Crippen molar-refractivity contribution in [3.05, 3.63) is 46.5 Å². The van der Waals surface area contributed by atoms with Crippen LogP contribution in [0.4, 0.5) is 0 Å². The number of amides is 1. The second-order valence-electron chi connectivity index (χ2n) is 4.19. The van der Waals surface area contributed by atoms with Crippen molar-refractivity contribution in [1.29, 1.82) is 0 Å². The van der Waals surface area contributed by atoms with Gasteiger partial charge in [-0.3, -0.25) is 4.79 Å². The quantitative estimate of drug-likeness (QED) is 0.778. The molecule has 3 heteroatoms. The molecule has 0 radical (unpaired) electrons. The van der Waals surface area contributed by atoms with Crippen LogP contribution in [0.2, 0.25) is 0 Å². The van der Waals surface area contributed by atoms with Crippen LogP contribution in [-0.2, 0) is 0 Å². The normalized spacial score (nSPS) is 10.8. The van der Waals surface area contributed by atoms with Gasteiger partial charge in [-0.1, -0.05) is 29.8 Å². The Balaban J connectivity index is 2.79. The van der Waals surface area contributed by atoms with E-state index in [1.54, 1.807) is 0 Å². The maximum Gasteiger partial charge on any atom is 0.252 e. The first-order valence-electron chi connectivity index (χ1n) is 5.77. The number of aryl methyl sites for hydroxylation is 3. The van der Waals surface area contributed by atoms with Gasteiger partial charge < -0.3 is 11.1 Å². The fraction of sp³-hybridized carbons (Fsp3) is 0.357. The molecule has 17 heavy (non-hydrogen) atoms. The van der Waals surface area contributed by atoms with Crippen LogP contribution in [0.5, 0.6) is 0 Å². The maximum absolute atomic E-state index is 12.0. The second-order valence-corrected chi connectivity index (χ2v) is 4.19. The molecular weight excluding hydrogens is 212 g/mol. The van der Waals surface area contributed by atoms with Crippen LogP contribution in [0.15, 0.2) is 24.3 Å². The van der Waals surface area contributed by atoms with Crippen molar-refractivity contribution in [3.63, 3.8) is 0 Å². The molecule has 0 spiro atoms. The summed E-state index contributed by atoms with van der Waals surface area (Å²) in [6, 6.07) is 4.05. The van der Waals surface area contributed by atoms with Gasteiger partial charge >= 0.3 is 0 Å². The fourth-order valence-corrected chi connectivity index (χ4v) is 1.96. The summed E-state index contributed by atoms with van der Waals surface area (Å²) in [5, 5.41) is 2.85. The minimum atomic E-state index is -0.0262. The third kappa shape index (κ3) is 3.71. The zero-order valence-corrected chi connectivity index (χ0v) is 10.7. The lowest BCUT2D eigenvalue weighted by molar-refractivity contribution is 0.0957. The zero-order chi connectivity index (χ0) is 12.8. The van der Waals surface area contributed by atoms with E-state index in [1.807, 2.05) is 45.1 Å². The van der Waals surface area contributed by atoms with Gasteiger partial charge in [0.05, 0.1) is 0 Å². The van der Waals surface area contributed by atoms with E-state index in [2.05, 4.69) is 5.32 Å². The maximum atomic E-state index is 12.0. The SMILES string of the molecule is Cc1cc(C)c(C(=O)NC/C=C/CN)c(C)c1. The molecule has 0 aliphatic carbocycles. The summed E-state index contributed by atoms with van der Waals surface area (Å²) in [5.41, 5.74) is 9.31. The van der Waals surface area contributed by atoms with Crippen LogP contribution >= 0.6 is 0 Å². The summed E-state index contributed by atoms with van der Waals surface area (Å²) in [4.78, 5) is 12.0. The van der Waals surface area contributed by atoms with Crippen molar-refractivity contribution in [1.82, 2.24) is 5.32 Å². The minimum absolute atomic E-state index is 0.0262. The van der Waals surface area contributed by atoms with Crippen molar-refractivity contribution >= 4 is 5.91 Å². The first kappa shape index (κ1) is 13.5. The van der Waals surface area contributed by atoms with E-state index in [0.717, 1.165) is 16.7 Å². The van der Waals surface area contributed by atoms with E-state index < -0.39 is 0 Å². The third-order valence-corrected chi connectivity index (χ3v) is 2.59. The first-order chi connectivity index (χ1) is 8.06. The van der Waals surface area contributed by atoms with Gasteiger partial charge in [-0.15, -0.1) is 0 Å². The molecule has 0 aliphatic heterocycles. The molecule has 0 saturated carbocycles. The van der Waals surface area contributed by atoms with Crippen LogP contribution < -0.4 is 11.1 Å². The van der Waals surface area contributed by atoms with Crippen molar-refractivity contribution in [2.24, 2.45) is 5.73 Å². The summed E-state index contributed by atoms with van der Waals surface area (Å²) < 4.78 is 0. The lowest BCUT2D eigenvalue weighted by Crippen LogP contribution is -2.25. The molecule has 0 aliphatic rings. The van der Waals surface area contributed by atoms with Crippen molar-refractivity contribution in [2.75, 3.05) is 13.1 Å². The van der Waals surface area contributed by atoms with Crippen LogP contribution in [0.1, 0.15) is 27.0 Å². The Morgan fingerprint density at radius 2 is 1.82 bits per heavy atom. The summed E-state index contributed by atoms with van der Waals surface area (Å²) in [7, 11) is 0. The summed E-state index contributed by atoms with van der Waals surface area (Å²) in [6.45, 7) is 6.97. The molecule has 3 N–H and O–H groups in total. The molecule has 3 nitrogen and oxygen atoms in total. The Morgan fingerprint density at radius 3 is 2.35 bits per heavy atom. The highest BCUT2D eigenvalue weighted by Crippen LogP contribution is 2.15. The first-order valence-corrected chi connectivity index (χ1v) is 5.77. The monoisotopic (exact) mass is 232 g/mol. The van der Waals surface area contributed by atoms with Gasteiger partial charge in [0.1, 0.15) is 0 Å². The molecule has 0 unspecified atom stereocenters. The molecule has 0 heterocycles. The molecule has 92 valence electrons. The number of hydrogen-bond acceptors (Lipinski definition) is 2. The van der Waals surface area contributed by atoms with E-state index in [4.69, 9.17) is 5.73 Å². The molecular formula is C14H20N2O. The highest BCUT2D eigenvalue weighted by Gasteiger charge is 2.11. The van der Waals surface area contributed by atoms with E-state index in [0.29, 0.717) is 13.1 Å². The largest absolute Gasteiger partial charge is 0.349 e. The Kier molecular flexibility index (Phi) is 4.91.